The number of piperidine rings is 1. The molecule has 1 N–H and O–H groups in total. The van der Waals surface area contributed by atoms with Crippen molar-refractivity contribution in [2.75, 3.05) is 26.7 Å². The third-order valence-electron chi connectivity index (χ3n) is 3.72. The number of rotatable bonds is 4. The predicted molar refractivity (Wildman–Crippen MR) is 78.5 cm³/mol. The van der Waals surface area contributed by atoms with Crippen molar-refractivity contribution in [1.82, 2.24) is 10.2 Å². The Morgan fingerprint density at radius 2 is 2.11 bits per heavy atom. The highest BCUT2D eigenvalue weighted by Crippen LogP contribution is 2.15. The summed E-state index contributed by atoms with van der Waals surface area (Å²) in [5.41, 5.74) is 1.27. The highest BCUT2D eigenvalue weighted by Gasteiger charge is 2.22. The molecule has 1 aromatic rings. The maximum atomic E-state index is 3.65. The van der Waals surface area contributed by atoms with Gasteiger partial charge in [0.1, 0.15) is 0 Å². The first-order valence-corrected chi connectivity index (χ1v) is 6.89. The quantitative estimate of drug-likeness (QED) is 0.876. The summed E-state index contributed by atoms with van der Waals surface area (Å²) in [5.74, 6) is 0.744. The molecule has 2 rings (SSSR count). The zero-order chi connectivity index (χ0) is 12.8. The van der Waals surface area contributed by atoms with Crippen LogP contribution in [0, 0.1) is 5.92 Å². The van der Waals surface area contributed by atoms with E-state index >= 15 is 0 Å². The zero-order valence-corrected chi connectivity index (χ0v) is 11.5. The summed E-state index contributed by atoms with van der Waals surface area (Å²) in [4.78, 5) is 2.42. The fraction of sp³-hybridized carbons (Fsp3) is 0.500. The van der Waals surface area contributed by atoms with Gasteiger partial charge in [-0.15, -0.1) is 0 Å². The molecule has 2 atom stereocenters. The molecule has 1 heterocycles. The number of benzene rings is 1. The average Bonchev–Trinajstić information content (AvgIpc) is 2.38. The number of hydrogen-bond donors (Lipinski definition) is 1. The molecule has 1 aromatic carbocycles. The number of hydrogen-bond acceptors (Lipinski definition) is 2. The van der Waals surface area contributed by atoms with Gasteiger partial charge in [-0.25, -0.2) is 0 Å². The number of likely N-dealkylation sites (tertiary alicyclic amines) is 1. The van der Waals surface area contributed by atoms with Crippen molar-refractivity contribution in [2.45, 2.75) is 19.4 Å². The van der Waals surface area contributed by atoms with Crippen molar-refractivity contribution < 1.29 is 0 Å². The summed E-state index contributed by atoms with van der Waals surface area (Å²) in [6.07, 6.45) is 5.67. The second-order valence-electron chi connectivity index (χ2n) is 5.36. The molecule has 2 heteroatoms. The van der Waals surface area contributed by atoms with E-state index in [4.69, 9.17) is 0 Å². The van der Waals surface area contributed by atoms with Crippen molar-refractivity contribution in [2.24, 2.45) is 5.92 Å². The van der Waals surface area contributed by atoms with E-state index < -0.39 is 0 Å². The first-order chi connectivity index (χ1) is 8.75. The van der Waals surface area contributed by atoms with Gasteiger partial charge in [0.05, 0.1) is 0 Å². The van der Waals surface area contributed by atoms with Gasteiger partial charge < -0.3 is 10.2 Å². The maximum absolute atomic E-state index is 3.65. The molecule has 1 fully saturated rings. The van der Waals surface area contributed by atoms with Gasteiger partial charge in [-0.1, -0.05) is 49.4 Å². The molecule has 2 unspecified atom stereocenters. The van der Waals surface area contributed by atoms with Crippen LogP contribution in [-0.4, -0.2) is 37.6 Å². The van der Waals surface area contributed by atoms with Crippen LogP contribution in [0.5, 0.6) is 0 Å². The van der Waals surface area contributed by atoms with Gasteiger partial charge in [0.25, 0.3) is 0 Å². The fourth-order valence-electron chi connectivity index (χ4n) is 2.64. The summed E-state index contributed by atoms with van der Waals surface area (Å²) in [5, 5.41) is 3.65. The predicted octanol–water partition coefficient (Wildman–Crippen LogP) is 2.63. The first kappa shape index (κ1) is 13.3. The molecule has 0 amide bonds. The molecule has 18 heavy (non-hydrogen) atoms. The van der Waals surface area contributed by atoms with Crippen LogP contribution in [0.3, 0.4) is 0 Å². The van der Waals surface area contributed by atoms with Gasteiger partial charge in [-0.2, -0.15) is 0 Å². The normalized spacial score (nSPS) is 25.7. The van der Waals surface area contributed by atoms with E-state index in [0.717, 1.165) is 12.5 Å². The highest BCUT2D eigenvalue weighted by atomic mass is 15.1. The topological polar surface area (TPSA) is 15.3 Å². The molecule has 0 aliphatic carbocycles. The van der Waals surface area contributed by atoms with Gasteiger partial charge in [-0.3, -0.25) is 0 Å². The number of nitrogens with one attached hydrogen (secondary N) is 1. The molecule has 1 saturated heterocycles. The fourth-order valence-corrected chi connectivity index (χ4v) is 2.64. The Balaban J connectivity index is 1.74. The molecule has 1 aliphatic rings. The molecule has 0 bridgehead atoms. The monoisotopic (exact) mass is 244 g/mol. The second kappa shape index (κ2) is 6.72. The van der Waals surface area contributed by atoms with Gasteiger partial charge in [0, 0.05) is 19.1 Å². The van der Waals surface area contributed by atoms with E-state index in [9.17, 15) is 0 Å². The molecule has 2 nitrogen and oxygen atoms in total. The molecule has 0 aromatic heterocycles. The lowest BCUT2D eigenvalue weighted by atomic mass is 9.94. The zero-order valence-electron chi connectivity index (χ0n) is 11.5. The third kappa shape index (κ3) is 3.97. The molecule has 1 aliphatic heterocycles. The van der Waals surface area contributed by atoms with Gasteiger partial charge in [0.15, 0.2) is 0 Å². The average molecular weight is 244 g/mol. The molecule has 0 radical (unpaired) electrons. The van der Waals surface area contributed by atoms with Crippen LogP contribution in [0.1, 0.15) is 18.9 Å². The first-order valence-electron chi connectivity index (χ1n) is 6.89. The highest BCUT2D eigenvalue weighted by molar-refractivity contribution is 5.48. The SMILES string of the molecule is CC1CN(C)CCC1NC/C=C/c1ccccc1. The van der Waals surface area contributed by atoms with Crippen LogP contribution < -0.4 is 5.32 Å². The van der Waals surface area contributed by atoms with Crippen molar-refractivity contribution >= 4 is 6.08 Å². The minimum Gasteiger partial charge on any atom is -0.310 e. The van der Waals surface area contributed by atoms with Crippen molar-refractivity contribution in [3.8, 4) is 0 Å². The summed E-state index contributed by atoms with van der Waals surface area (Å²) in [6.45, 7) is 5.73. The summed E-state index contributed by atoms with van der Waals surface area (Å²) in [7, 11) is 2.21. The largest absolute Gasteiger partial charge is 0.310 e. The number of nitrogens with zero attached hydrogens (tertiary/aromatic N) is 1. The Bertz CT molecular complexity index is 372. The van der Waals surface area contributed by atoms with Crippen LogP contribution in [0.25, 0.3) is 6.08 Å². The Labute approximate surface area is 111 Å². The van der Waals surface area contributed by atoms with Crippen LogP contribution in [-0.2, 0) is 0 Å². The summed E-state index contributed by atoms with van der Waals surface area (Å²) in [6, 6.07) is 11.1. The lowest BCUT2D eigenvalue weighted by molar-refractivity contribution is 0.178. The molecule has 98 valence electrons. The van der Waals surface area contributed by atoms with Crippen LogP contribution >= 0.6 is 0 Å². The Kier molecular flexibility index (Phi) is 4.97. The molecule has 0 spiro atoms. The Morgan fingerprint density at radius 3 is 2.83 bits per heavy atom. The summed E-state index contributed by atoms with van der Waals surface area (Å²) < 4.78 is 0. The van der Waals surface area contributed by atoms with E-state index in [0.29, 0.717) is 6.04 Å². The molecular formula is C16H24N2. The third-order valence-corrected chi connectivity index (χ3v) is 3.72. The lowest BCUT2D eigenvalue weighted by Gasteiger charge is -2.35. The standard InChI is InChI=1S/C16H24N2/c1-14-13-18(2)12-10-16(14)17-11-6-9-15-7-4-3-5-8-15/h3-9,14,16-17H,10-13H2,1-2H3/b9-6+. The minimum atomic E-state index is 0.668. The van der Waals surface area contributed by atoms with E-state index in [1.807, 2.05) is 0 Å². The van der Waals surface area contributed by atoms with E-state index in [2.05, 4.69) is 66.7 Å². The van der Waals surface area contributed by atoms with Gasteiger partial charge in [-0.05, 0) is 31.5 Å². The van der Waals surface area contributed by atoms with Crippen LogP contribution in [0.15, 0.2) is 36.4 Å². The van der Waals surface area contributed by atoms with Gasteiger partial charge >= 0.3 is 0 Å². The van der Waals surface area contributed by atoms with Crippen LogP contribution in [0.2, 0.25) is 0 Å². The maximum Gasteiger partial charge on any atom is 0.0140 e. The molecule has 0 saturated carbocycles. The lowest BCUT2D eigenvalue weighted by Crippen LogP contribution is -2.46. The Hall–Kier alpha value is -1.12. The van der Waals surface area contributed by atoms with E-state index in [1.54, 1.807) is 0 Å². The van der Waals surface area contributed by atoms with E-state index in [-0.39, 0.29) is 0 Å². The van der Waals surface area contributed by atoms with E-state index in [1.165, 1.54) is 25.1 Å². The minimum absolute atomic E-state index is 0.668. The second-order valence-corrected chi connectivity index (χ2v) is 5.36. The van der Waals surface area contributed by atoms with Crippen molar-refractivity contribution in [3.05, 3.63) is 42.0 Å². The smallest absolute Gasteiger partial charge is 0.0140 e. The van der Waals surface area contributed by atoms with Crippen molar-refractivity contribution in [3.63, 3.8) is 0 Å². The summed E-state index contributed by atoms with van der Waals surface area (Å²) >= 11 is 0. The van der Waals surface area contributed by atoms with Crippen molar-refractivity contribution in [1.29, 1.82) is 0 Å². The van der Waals surface area contributed by atoms with Crippen LogP contribution in [0.4, 0.5) is 0 Å². The van der Waals surface area contributed by atoms with Gasteiger partial charge in [0.2, 0.25) is 0 Å². The Morgan fingerprint density at radius 1 is 1.33 bits per heavy atom. The molecular weight excluding hydrogens is 220 g/mol.